The molecule has 0 rings (SSSR count). The molecule has 0 spiro atoms. The van der Waals surface area contributed by atoms with Crippen molar-refractivity contribution in [2.24, 2.45) is 0 Å². The van der Waals surface area contributed by atoms with E-state index in [0.29, 0.717) is 0 Å². The topological polar surface area (TPSA) is 0 Å². The predicted molar refractivity (Wildman–Crippen MR) is 61.0 cm³/mol. The summed E-state index contributed by atoms with van der Waals surface area (Å²) >= 11 is 0. The van der Waals surface area contributed by atoms with Crippen molar-refractivity contribution in [3.63, 3.8) is 0 Å². The van der Waals surface area contributed by atoms with Crippen molar-refractivity contribution < 1.29 is 0 Å². The highest BCUT2D eigenvalue weighted by molar-refractivity contribution is 6.05. The molecule has 0 aromatic rings. The molecule has 0 radical (unpaired) electrons. The highest BCUT2D eigenvalue weighted by atomic mass is 28.1. The second kappa shape index (κ2) is 2480. The van der Waals surface area contributed by atoms with Crippen LogP contribution in [0.25, 0.3) is 0 Å². The molecule has 0 atom stereocenters. The van der Waals surface area contributed by atoms with Gasteiger partial charge in [0.25, 0.3) is 0 Å². The zero-order valence-corrected chi connectivity index (χ0v) is 12.0. The quantitative estimate of drug-likeness (QED) is 0.481. The molecular weight excluding hydrogens is 140 g/mol. The van der Waals surface area contributed by atoms with Crippen LogP contribution in [0.15, 0.2) is 0 Å². The second-order valence-electron chi connectivity index (χ2n) is 0. The Bertz CT molecular complexity index is 6.88. The summed E-state index contributed by atoms with van der Waals surface area (Å²) in [5.74, 6) is 0. The Morgan fingerprint density at radius 1 is 0.556 bits per heavy atom. The number of hydrogen-bond donors (Lipinski definition) is 0. The van der Waals surface area contributed by atoms with Gasteiger partial charge < -0.3 is 0 Å². The molecule has 0 fully saturated rings. The van der Waals surface area contributed by atoms with Crippen molar-refractivity contribution in [2.45, 2.75) is 48.2 Å². The first-order valence-electron chi connectivity index (χ1n) is 4.00. The van der Waals surface area contributed by atoms with E-state index in [1.165, 1.54) is 20.5 Å². The minimum Gasteiger partial charge on any atom is -0.0777 e. The van der Waals surface area contributed by atoms with E-state index < -0.39 is 0 Å². The van der Waals surface area contributed by atoms with Gasteiger partial charge in [-0.2, -0.15) is 0 Å². The lowest BCUT2D eigenvalue weighted by atomic mass is 11.0. The molecule has 0 aromatic carbocycles. The van der Waals surface area contributed by atoms with E-state index in [9.17, 15) is 0 Å². The first-order chi connectivity index (χ1) is 4.00. The van der Waals surface area contributed by atoms with Gasteiger partial charge in [0, 0.05) is 0 Å². The van der Waals surface area contributed by atoms with Crippen LogP contribution < -0.4 is 0 Å². The van der Waals surface area contributed by atoms with Gasteiger partial charge in [-0.25, -0.2) is 0 Å². The molecule has 9 heavy (non-hydrogen) atoms. The van der Waals surface area contributed by atoms with Crippen LogP contribution in [0.3, 0.4) is 0 Å². The molecule has 0 aliphatic heterocycles. The molecule has 0 aromatic heterocycles. The van der Waals surface area contributed by atoms with E-state index >= 15 is 0 Å². The van der Waals surface area contributed by atoms with Gasteiger partial charge >= 0.3 is 0 Å². The fraction of sp³-hybridized carbons (Fsp3) is 1.00. The van der Waals surface area contributed by atoms with Gasteiger partial charge in [-0.1, -0.05) is 48.2 Å². The Morgan fingerprint density at radius 2 is 0.556 bits per heavy atom. The van der Waals surface area contributed by atoms with Crippen LogP contribution >= 0.6 is 0 Å². The highest BCUT2D eigenvalue weighted by Crippen LogP contribution is 1.15. The molecule has 0 bridgehead atoms. The molecular formula is C7H28Si2. The lowest BCUT2D eigenvalue weighted by molar-refractivity contribution is 1.50. The van der Waals surface area contributed by atoms with Crippen molar-refractivity contribution in [1.82, 2.24) is 0 Å². The number of hydrogen-bond acceptors (Lipinski definition) is 0. The molecule has 0 heterocycles. The van der Waals surface area contributed by atoms with Crippen molar-refractivity contribution >= 4 is 20.5 Å². The molecule has 0 saturated carbocycles. The van der Waals surface area contributed by atoms with E-state index in [2.05, 4.69) is 13.1 Å². The van der Waals surface area contributed by atoms with Crippen LogP contribution in [0.2, 0.25) is 13.1 Å². The third-order valence-electron chi connectivity index (χ3n) is 0. The Balaban J connectivity index is -0.00000000762. The zero-order valence-electron chi connectivity index (χ0n) is 8.00. The van der Waals surface area contributed by atoms with E-state index in [1.54, 1.807) is 0 Å². The Hall–Kier alpha value is 0.434. The first kappa shape index (κ1) is 34.1. The highest BCUT2D eigenvalue weighted by Gasteiger charge is 0.964. The van der Waals surface area contributed by atoms with Gasteiger partial charge in [0.1, 0.15) is 0 Å². The summed E-state index contributed by atoms with van der Waals surface area (Å²) in [5, 5.41) is 0. The maximum absolute atomic E-state index is 2.14. The van der Waals surface area contributed by atoms with Crippen molar-refractivity contribution in [2.75, 3.05) is 0 Å². The molecule has 0 N–H and O–H groups in total. The van der Waals surface area contributed by atoms with Gasteiger partial charge in [0.2, 0.25) is 0 Å². The minimum atomic E-state index is 0. The first-order valence-corrected chi connectivity index (χ1v) is 8.00. The zero-order chi connectivity index (χ0) is 8.00. The molecule has 0 aliphatic rings. The van der Waals surface area contributed by atoms with Crippen LogP contribution in [0.4, 0.5) is 0 Å². The van der Waals surface area contributed by atoms with Crippen LogP contribution in [0, 0.1) is 0 Å². The summed E-state index contributed by atoms with van der Waals surface area (Å²) in [6, 6.07) is 0. The average Bonchev–Trinajstić information content (AvgIpc) is 2.03. The Labute approximate surface area is 69.3 Å². The molecule has 0 nitrogen and oxygen atoms in total. The normalized spacial score (nSPS) is 3.33. The molecule has 0 aliphatic carbocycles. The largest absolute Gasteiger partial charge is 0.0777 e. The van der Waals surface area contributed by atoms with Crippen LogP contribution in [0.5, 0.6) is 0 Å². The third-order valence-corrected chi connectivity index (χ3v) is 0. The van der Waals surface area contributed by atoms with Crippen molar-refractivity contribution in [1.29, 1.82) is 0 Å². The fourth-order valence-electron chi connectivity index (χ4n) is 0. The summed E-state index contributed by atoms with van der Waals surface area (Å²) in [7, 11) is 2.61. The van der Waals surface area contributed by atoms with Crippen LogP contribution in [-0.4, -0.2) is 20.5 Å². The number of rotatable bonds is 0. The van der Waals surface area contributed by atoms with E-state index in [-0.39, 0.29) is 7.43 Å². The smallest absolute Gasteiger partial charge is 0.000585 e. The van der Waals surface area contributed by atoms with Gasteiger partial charge in [-0.3, -0.25) is 0 Å². The standard InChI is InChI=1S/2C2H6.2CH6Si.CH4/c4*1-2;/h4*1-2H3;1H4. The maximum atomic E-state index is 2.14. The van der Waals surface area contributed by atoms with Crippen molar-refractivity contribution in [3.05, 3.63) is 0 Å². The van der Waals surface area contributed by atoms with Gasteiger partial charge in [-0.15, -0.1) is 0 Å². The molecule has 0 unspecified atom stereocenters. The van der Waals surface area contributed by atoms with E-state index in [1.807, 2.05) is 27.7 Å². The summed E-state index contributed by atoms with van der Waals surface area (Å²) < 4.78 is 0. The van der Waals surface area contributed by atoms with Gasteiger partial charge in [0.15, 0.2) is 0 Å². The molecule has 2 heteroatoms. The summed E-state index contributed by atoms with van der Waals surface area (Å²) in [4.78, 5) is 0. The minimum absolute atomic E-state index is 0. The lowest BCUT2D eigenvalue weighted by Crippen LogP contribution is -1.13. The Kier molecular flexibility index (Phi) is 9390. The summed E-state index contributed by atoms with van der Waals surface area (Å²) in [5.41, 5.74) is 0. The average molecular weight is 168 g/mol. The lowest BCUT2D eigenvalue weighted by Gasteiger charge is -1.07. The van der Waals surface area contributed by atoms with Crippen LogP contribution in [0.1, 0.15) is 35.1 Å². The van der Waals surface area contributed by atoms with Gasteiger partial charge in [-0.05, 0) is 20.5 Å². The SMILES string of the molecule is C.CC.CC.C[SiH3].C[SiH3]. The molecule has 0 amide bonds. The molecule has 0 saturated heterocycles. The molecule has 64 valence electrons. The fourth-order valence-corrected chi connectivity index (χ4v) is 0. The Morgan fingerprint density at radius 3 is 0.556 bits per heavy atom. The van der Waals surface area contributed by atoms with Crippen molar-refractivity contribution in [3.8, 4) is 0 Å². The second-order valence-corrected chi connectivity index (χ2v) is 0. The van der Waals surface area contributed by atoms with E-state index in [4.69, 9.17) is 0 Å². The van der Waals surface area contributed by atoms with Gasteiger partial charge in [0.05, 0.1) is 0 Å². The summed E-state index contributed by atoms with van der Waals surface area (Å²) in [6.07, 6.45) is 0. The predicted octanol–water partition coefficient (Wildman–Crippen LogP) is 1.49. The van der Waals surface area contributed by atoms with Crippen LogP contribution in [-0.2, 0) is 0 Å². The summed E-state index contributed by atoms with van der Waals surface area (Å²) in [6.45, 7) is 12.3. The van der Waals surface area contributed by atoms with E-state index in [0.717, 1.165) is 0 Å². The maximum Gasteiger partial charge on any atom is -0.000585 e. The monoisotopic (exact) mass is 168 g/mol. The third kappa shape index (κ3) is 1860.